The van der Waals surface area contributed by atoms with Gasteiger partial charge in [0, 0.05) is 29.5 Å². The molecule has 0 radical (unpaired) electrons. The van der Waals surface area contributed by atoms with Gasteiger partial charge in [-0.15, -0.1) is 0 Å². The molecule has 29 heavy (non-hydrogen) atoms. The van der Waals surface area contributed by atoms with Gasteiger partial charge in [-0.2, -0.15) is 0 Å². The first kappa shape index (κ1) is 21.0. The van der Waals surface area contributed by atoms with Gasteiger partial charge in [0.25, 0.3) is 0 Å². The normalized spacial score (nSPS) is 21.0. The van der Waals surface area contributed by atoms with E-state index in [2.05, 4.69) is 0 Å². The van der Waals surface area contributed by atoms with Gasteiger partial charge in [-0.25, -0.2) is 4.79 Å². The van der Waals surface area contributed by atoms with E-state index in [1.807, 2.05) is 40.7 Å². The van der Waals surface area contributed by atoms with Crippen LogP contribution in [0, 0.1) is 11.8 Å². The molecule has 3 rings (SSSR count). The quantitative estimate of drug-likeness (QED) is 0.535. The molecule has 0 saturated heterocycles. The lowest BCUT2D eigenvalue weighted by atomic mass is 9.68. The van der Waals surface area contributed by atoms with Gasteiger partial charge in [0.2, 0.25) is 0 Å². The minimum absolute atomic E-state index is 0.0255. The van der Waals surface area contributed by atoms with Crippen LogP contribution in [0.3, 0.4) is 0 Å². The molecule has 5 nitrogen and oxygen atoms in total. The van der Waals surface area contributed by atoms with Crippen LogP contribution in [0.2, 0.25) is 0 Å². The molecule has 1 aliphatic heterocycles. The fourth-order valence-electron chi connectivity index (χ4n) is 4.16. The van der Waals surface area contributed by atoms with Gasteiger partial charge in [0.1, 0.15) is 22.7 Å². The zero-order valence-electron chi connectivity index (χ0n) is 17.9. The summed E-state index contributed by atoms with van der Waals surface area (Å²) in [6, 6.07) is 6.47. The summed E-state index contributed by atoms with van der Waals surface area (Å²) in [5.41, 5.74) is 0.346. The Morgan fingerprint density at radius 1 is 1.21 bits per heavy atom. The highest BCUT2D eigenvalue weighted by Gasteiger charge is 2.50. The minimum atomic E-state index is -0.879. The standard InChI is InChI=1S/C24H28O5/c1-7-14(4)23(27)21-16-11-15-8-9-20(26)28-18(15)12-19(16)29-24(5,6)22(21)17(25)10-13(2)3/h7-9,11-13,21-22H,10H2,1-6H3/t21-,22+/m0/s1. The topological polar surface area (TPSA) is 73.6 Å². The summed E-state index contributed by atoms with van der Waals surface area (Å²) >= 11 is 0. The molecule has 0 N–H and O–H groups in total. The van der Waals surface area contributed by atoms with Crippen LogP contribution in [0.1, 0.15) is 59.4 Å². The highest BCUT2D eigenvalue weighted by molar-refractivity contribution is 6.04. The highest BCUT2D eigenvalue weighted by Crippen LogP contribution is 2.48. The predicted octanol–water partition coefficient (Wildman–Crippen LogP) is 4.81. The number of fused-ring (bicyclic) bond motifs is 2. The smallest absolute Gasteiger partial charge is 0.336 e. The molecule has 0 fully saturated rings. The number of carbonyl (C=O) groups excluding carboxylic acids is 2. The number of ketones is 2. The molecule has 5 heteroatoms. The number of ether oxygens (including phenoxy) is 1. The Kier molecular flexibility index (Phi) is 5.52. The summed E-state index contributed by atoms with van der Waals surface area (Å²) in [6.45, 7) is 11.3. The van der Waals surface area contributed by atoms with Crippen LogP contribution >= 0.6 is 0 Å². The number of hydrogen-bond donors (Lipinski definition) is 0. The Morgan fingerprint density at radius 3 is 2.52 bits per heavy atom. The summed E-state index contributed by atoms with van der Waals surface area (Å²) in [5, 5.41) is 0.692. The van der Waals surface area contributed by atoms with Gasteiger partial charge in [0.05, 0.1) is 11.8 Å². The molecule has 2 heterocycles. The molecule has 0 spiro atoms. The van der Waals surface area contributed by atoms with Gasteiger partial charge in [-0.3, -0.25) is 9.59 Å². The van der Waals surface area contributed by atoms with Crippen LogP contribution in [0.15, 0.2) is 45.1 Å². The number of benzene rings is 1. The van der Waals surface area contributed by atoms with Crippen molar-refractivity contribution in [1.82, 2.24) is 0 Å². The van der Waals surface area contributed by atoms with Gasteiger partial charge in [-0.1, -0.05) is 19.9 Å². The van der Waals surface area contributed by atoms with Gasteiger partial charge in [0.15, 0.2) is 5.78 Å². The van der Waals surface area contributed by atoms with E-state index in [0.717, 1.165) is 0 Å². The van der Waals surface area contributed by atoms with Crippen LogP contribution in [0.4, 0.5) is 0 Å². The van der Waals surface area contributed by atoms with E-state index < -0.39 is 23.1 Å². The first-order valence-electron chi connectivity index (χ1n) is 10.0. The fourth-order valence-corrected chi connectivity index (χ4v) is 4.16. The molecule has 154 valence electrons. The Balaban J connectivity index is 2.26. The molecule has 0 aliphatic carbocycles. The minimum Gasteiger partial charge on any atom is -0.487 e. The van der Waals surface area contributed by atoms with Crippen molar-refractivity contribution in [2.24, 2.45) is 11.8 Å². The second-order valence-electron chi connectivity index (χ2n) is 8.74. The van der Waals surface area contributed by atoms with Crippen molar-refractivity contribution in [2.45, 2.75) is 59.5 Å². The lowest BCUT2D eigenvalue weighted by Crippen LogP contribution is -2.50. The van der Waals surface area contributed by atoms with Crippen LogP contribution < -0.4 is 10.4 Å². The molecule has 2 atom stereocenters. The van der Waals surface area contributed by atoms with Crippen molar-refractivity contribution in [2.75, 3.05) is 0 Å². The zero-order chi connectivity index (χ0) is 21.5. The van der Waals surface area contributed by atoms with E-state index in [4.69, 9.17) is 9.15 Å². The molecule has 0 saturated carbocycles. The maximum absolute atomic E-state index is 13.4. The maximum Gasteiger partial charge on any atom is 0.336 e. The first-order chi connectivity index (χ1) is 13.5. The van der Waals surface area contributed by atoms with E-state index in [-0.39, 0.29) is 17.5 Å². The van der Waals surface area contributed by atoms with Crippen LogP contribution in [-0.2, 0) is 9.59 Å². The number of carbonyl (C=O) groups is 2. The van der Waals surface area contributed by atoms with Crippen molar-refractivity contribution in [3.05, 3.63) is 51.9 Å². The molecule has 1 aromatic heterocycles. The molecule has 0 bridgehead atoms. The van der Waals surface area contributed by atoms with Gasteiger partial charge in [-0.05, 0) is 51.3 Å². The third-order valence-electron chi connectivity index (χ3n) is 5.60. The fraction of sp³-hybridized carbons (Fsp3) is 0.458. The Labute approximate surface area is 170 Å². The summed E-state index contributed by atoms with van der Waals surface area (Å²) < 4.78 is 11.5. The monoisotopic (exact) mass is 396 g/mol. The van der Waals surface area contributed by atoms with E-state index >= 15 is 0 Å². The van der Waals surface area contributed by atoms with Crippen LogP contribution in [0.25, 0.3) is 11.0 Å². The van der Waals surface area contributed by atoms with Crippen molar-refractivity contribution < 1.29 is 18.7 Å². The van der Waals surface area contributed by atoms with Gasteiger partial charge < -0.3 is 9.15 Å². The molecule has 1 aliphatic rings. The number of rotatable bonds is 5. The number of allylic oxidation sites excluding steroid dienone is 2. The molecule has 0 unspecified atom stereocenters. The molecular formula is C24H28O5. The summed E-state index contributed by atoms with van der Waals surface area (Å²) in [7, 11) is 0. The summed E-state index contributed by atoms with van der Waals surface area (Å²) in [6.07, 6.45) is 2.16. The third kappa shape index (κ3) is 3.91. The molecule has 1 aromatic carbocycles. The molecule has 2 aromatic rings. The predicted molar refractivity (Wildman–Crippen MR) is 112 cm³/mol. The Bertz CT molecular complexity index is 1050. The van der Waals surface area contributed by atoms with E-state index in [1.165, 1.54) is 6.07 Å². The van der Waals surface area contributed by atoms with Gasteiger partial charge >= 0.3 is 5.63 Å². The van der Waals surface area contributed by atoms with E-state index in [0.29, 0.717) is 34.3 Å². The molecule has 0 amide bonds. The first-order valence-corrected chi connectivity index (χ1v) is 10.0. The lowest BCUT2D eigenvalue weighted by Gasteiger charge is -2.44. The number of Topliss-reactive ketones (excluding diaryl/α,β-unsaturated/α-hetero) is 2. The number of hydrogen-bond acceptors (Lipinski definition) is 5. The van der Waals surface area contributed by atoms with Crippen LogP contribution in [-0.4, -0.2) is 17.2 Å². The average molecular weight is 396 g/mol. The lowest BCUT2D eigenvalue weighted by molar-refractivity contribution is -0.137. The Hall–Kier alpha value is -2.69. The van der Waals surface area contributed by atoms with Crippen molar-refractivity contribution >= 4 is 22.5 Å². The van der Waals surface area contributed by atoms with Crippen LogP contribution in [0.5, 0.6) is 5.75 Å². The summed E-state index contributed by atoms with van der Waals surface area (Å²) in [4.78, 5) is 38.3. The average Bonchev–Trinajstić information content (AvgIpc) is 2.62. The van der Waals surface area contributed by atoms with E-state index in [9.17, 15) is 14.4 Å². The maximum atomic E-state index is 13.4. The molecular weight excluding hydrogens is 368 g/mol. The van der Waals surface area contributed by atoms with E-state index in [1.54, 1.807) is 25.1 Å². The second kappa shape index (κ2) is 7.62. The summed E-state index contributed by atoms with van der Waals surface area (Å²) in [5.74, 6) is -0.640. The largest absolute Gasteiger partial charge is 0.487 e. The zero-order valence-corrected chi connectivity index (χ0v) is 17.9. The highest BCUT2D eigenvalue weighted by atomic mass is 16.5. The second-order valence-corrected chi connectivity index (χ2v) is 8.74. The van der Waals surface area contributed by atoms with Crippen molar-refractivity contribution in [1.29, 1.82) is 0 Å². The third-order valence-corrected chi connectivity index (χ3v) is 5.60. The SMILES string of the molecule is CC=C(C)C(=O)[C@H]1c2cc3ccc(=O)oc3cc2OC(C)(C)[C@@H]1C(=O)CC(C)C. The van der Waals surface area contributed by atoms with Crippen molar-refractivity contribution in [3.8, 4) is 5.75 Å². The van der Waals surface area contributed by atoms with Crippen molar-refractivity contribution in [3.63, 3.8) is 0 Å². The Morgan fingerprint density at radius 2 is 1.90 bits per heavy atom.